The lowest BCUT2D eigenvalue weighted by Gasteiger charge is -2.32. The van der Waals surface area contributed by atoms with Crippen LogP contribution < -0.4 is 10.6 Å². The highest BCUT2D eigenvalue weighted by molar-refractivity contribution is 7.89. The molecule has 0 bridgehead atoms. The van der Waals surface area contributed by atoms with Crippen molar-refractivity contribution < 1.29 is 13.2 Å². The molecule has 1 saturated heterocycles. The average Bonchev–Trinajstić information content (AvgIpc) is 2.60. The number of carbonyl (C=O) groups excluding carboxylic acids is 1. The van der Waals surface area contributed by atoms with Gasteiger partial charge in [-0.25, -0.2) is 8.42 Å². The lowest BCUT2D eigenvalue weighted by Crippen LogP contribution is -2.41. The number of hydrogen-bond donors (Lipinski definition) is 2. The molecule has 0 saturated carbocycles. The number of nitrogens with zero attached hydrogens (tertiary/aromatic N) is 1. The van der Waals surface area contributed by atoms with Crippen LogP contribution in [0, 0.1) is 0 Å². The Morgan fingerprint density at radius 3 is 2.56 bits per heavy atom. The largest absolute Gasteiger partial charge is 0.350 e. The molecule has 1 aliphatic rings. The molecule has 0 spiro atoms. The van der Waals surface area contributed by atoms with E-state index in [4.69, 9.17) is 0 Å². The molecule has 2 N–H and O–H groups in total. The number of carbonyl (C=O) groups is 1. The van der Waals surface area contributed by atoms with Crippen LogP contribution in [-0.2, 0) is 10.0 Å². The van der Waals surface area contributed by atoms with Crippen molar-refractivity contribution in [2.24, 2.45) is 0 Å². The van der Waals surface area contributed by atoms with Gasteiger partial charge in [-0.1, -0.05) is 13.3 Å². The Kier molecular flexibility index (Phi) is 6.98. The van der Waals surface area contributed by atoms with Crippen LogP contribution in [0.2, 0.25) is 0 Å². The van der Waals surface area contributed by atoms with Crippen molar-refractivity contribution >= 4 is 15.9 Å². The normalized spacial score (nSPS) is 20.2. The molecule has 1 aliphatic heterocycles. The SMILES string of the molecule is CCN[C@H](C)CNC(=O)c1ccc(S(=O)(=O)N2CCCCC2C)cc1. The Hall–Kier alpha value is -1.44. The highest BCUT2D eigenvalue weighted by Crippen LogP contribution is 2.25. The summed E-state index contributed by atoms with van der Waals surface area (Å²) in [5.41, 5.74) is 0.467. The van der Waals surface area contributed by atoms with Gasteiger partial charge in [-0.15, -0.1) is 0 Å². The van der Waals surface area contributed by atoms with E-state index in [0.717, 1.165) is 25.8 Å². The summed E-state index contributed by atoms with van der Waals surface area (Å²) in [5.74, 6) is -0.194. The second-order valence-corrected chi connectivity index (χ2v) is 8.54. The van der Waals surface area contributed by atoms with Crippen molar-refractivity contribution in [2.45, 2.75) is 57.0 Å². The van der Waals surface area contributed by atoms with Crippen LogP contribution >= 0.6 is 0 Å². The first-order valence-corrected chi connectivity index (χ1v) is 10.4. The molecule has 2 rings (SSSR count). The van der Waals surface area contributed by atoms with E-state index in [1.807, 2.05) is 20.8 Å². The fourth-order valence-electron chi connectivity index (χ4n) is 3.11. The van der Waals surface area contributed by atoms with Gasteiger partial charge in [-0.3, -0.25) is 4.79 Å². The summed E-state index contributed by atoms with van der Waals surface area (Å²) in [6, 6.07) is 6.42. The number of benzene rings is 1. The van der Waals surface area contributed by atoms with E-state index in [1.165, 1.54) is 12.1 Å². The third kappa shape index (κ3) is 5.03. The number of sulfonamides is 1. The quantitative estimate of drug-likeness (QED) is 0.772. The van der Waals surface area contributed by atoms with Crippen molar-refractivity contribution in [3.05, 3.63) is 29.8 Å². The Balaban J connectivity index is 2.04. The number of nitrogens with one attached hydrogen (secondary N) is 2. The van der Waals surface area contributed by atoms with Crippen molar-refractivity contribution in [3.63, 3.8) is 0 Å². The fourth-order valence-corrected chi connectivity index (χ4v) is 4.81. The smallest absolute Gasteiger partial charge is 0.251 e. The molecule has 1 aromatic rings. The number of hydrogen-bond acceptors (Lipinski definition) is 4. The minimum Gasteiger partial charge on any atom is -0.350 e. The van der Waals surface area contributed by atoms with Gasteiger partial charge in [0.2, 0.25) is 10.0 Å². The molecule has 1 fully saturated rings. The molecular weight excluding hydrogens is 338 g/mol. The van der Waals surface area contributed by atoms with Gasteiger partial charge < -0.3 is 10.6 Å². The van der Waals surface area contributed by atoms with Gasteiger partial charge in [0.15, 0.2) is 0 Å². The lowest BCUT2D eigenvalue weighted by atomic mass is 10.1. The van der Waals surface area contributed by atoms with Gasteiger partial charge in [0.25, 0.3) is 5.91 Å². The van der Waals surface area contributed by atoms with E-state index < -0.39 is 10.0 Å². The molecule has 0 aromatic heterocycles. The molecule has 6 nitrogen and oxygen atoms in total. The zero-order chi connectivity index (χ0) is 18.4. The molecule has 0 aliphatic carbocycles. The third-order valence-corrected chi connectivity index (χ3v) is 6.61. The molecule has 1 unspecified atom stereocenters. The van der Waals surface area contributed by atoms with Crippen molar-refractivity contribution in [1.82, 2.24) is 14.9 Å². The maximum Gasteiger partial charge on any atom is 0.251 e. The molecule has 7 heteroatoms. The summed E-state index contributed by atoms with van der Waals surface area (Å²) in [6.07, 6.45) is 2.86. The second kappa shape index (κ2) is 8.78. The Bertz CT molecular complexity index is 673. The Labute approximate surface area is 151 Å². The Morgan fingerprint density at radius 1 is 1.28 bits per heavy atom. The van der Waals surface area contributed by atoms with Crippen LogP contribution in [0.15, 0.2) is 29.2 Å². The van der Waals surface area contributed by atoms with Crippen LogP contribution in [-0.4, -0.2) is 50.3 Å². The first kappa shape index (κ1) is 19.9. The van der Waals surface area contributed by atoms with Gasteiger partial charge >= 0.3 is 0 Å². The lowest BCUT2D eigenvalue weighted by molar-refractivity contribution is 0.0950. The molecule has 140 valence electrons. The Morgan fingerprint density at radius 2 is 1.96 bits per heavy atom. The maximum absolute atomic E-state index is 12.8. The van der Waals surface area contributed by atoms with E-state index in [0.29, 0.717) is 18.7 Å². The standard InChI is InChI=1S/C18H29N3O3S/c1-4-19-14(2)13-20-18(22)16-8-10-17(11-9-16)25(23,24)21-12-6-5-7-15(21)3/h8-11,14-15,19H,4-7,12-13H2,1-3H3,(H,20,22)/t14-,15?/m1/s1. The summed E-state index contributed by atoms with van der Waals surface area (Å²) in [6.45, 7) is 7.90. The van der Waals surface area contributed by atoms with Crippen molar-refractivity contribution in [1.29, 1.82) is 0 Å². The first-order valence-electron chi connectivity index (χ1n) is 8.99. The minimum absolute atomic E-state index is 0.0225. The van der Waals surface area contributed by atoms with Crippen LogP contribution in [0.1, 0.15) is 50.4 Å². The number of likely N-dealkylation sites (N-methyl/N-ethyl adjacent to an activating group) is 1. The molecular formula is C18H29N3O3S. The van der Waals surface area contributed by atoms with Crippen LogP contribution in [0.5, 0.6) is 0 Å². The molecule has 25 heavy (non-hydrogen) atoms. The number of rotatable bonds is 7. The predicted molar refractivity (Wildman–Crippen MR) is 99.1 cm³/mol. The predicted octanol–water partition coefficient (Wildman–Crippen LogP) is 1.98. The topological polar surface area (TPSA) is 78.5 Å². The van der Waals surface area contributed by atoms with Gasteiger partial charge in [0, 0.05) is 30.7 Å². The van der Waals surface area contributed by atoms with Gasteiger partial charge in [0.1, 0.15) is 0 Å². The minimum atomic E-state index is -3.50. The summed E-state index contributed by atoms with van der Waals surface area (Å²) in [5, 5.41) is 6.07. The molecule has 2 atom stereocenters. The van der Waals surface area contributed by atoms with Crippen LogP contribution in [0.4, 0.5) is 0 Å². The fraction of sp³-hybridized carbons (Fsp3) is 0.611. The van der Waals surface area contributed by atoms with E-state index in [9.17, 15) is 13.2 Å². The zero-order valence-electron chi connectivity index (χ0n) is 15.3. The highest BCUT2D eigenvalue weighted by Gasteiger charge is 2.30. The van der Waals surface area contributed by atoms with E-state index in [1.54, 1.807) is 16.4 Å². The van der Waals surface area contributed by atoms with Gasteiger partial charge in [-0.2, -0.15) is 4.31 Å². The van der Waals surface area contributed by atoms with Crippen LogP contribution in [0.3, 0.4) is 0 Å². The van der Waals surface area contributed by atoms with Crippen molar-refractivity contribution in [2.75, 3.05) is 19.6 Å². The van der Waals surface area contributed by atoms with Gasteiger partial charge in [0.05, 0.1) is 4.90 Å². The number of piperidine rings is 1. The van der Waals surface area contributed by atoms with E-state index in [2.05, 4.69) is 10.6 Å². The maximum atomic E-state index is 12.8. The summed E-state index contributed by atoms with van der Waals surface area (Å²) in [4.78, 5) is 12.4. The first-order chi connectivity index (χ1) is 11.9. The highest BCUT2D eigenvalue weighted by atomic mass is 32.2. The second-order valence-electron chi connectivity index (χ2n) is 6.65. The molecule has 0 radical (unpaired) electrons. The summed E-state index contributed by atoms with van der Waals surface area (Å²) < 4.78 is 27.1. The number of amides is 1. The average molecular weight is 368 g/mol. The molecule has 1 amide bonds. The van der Waals surface area contributed by atoms with Gasteiger partial charge in [-0.05, 0) is 57.5 Å². The van der Waals surface area contributed by atoms with Crippen LogP contribution in [0.25, 0.3) is 0 Å². The van der Waals surface area contributed by atoms with E-state index in [-0.39, 0.29) is 22.9 Å². The zero-order valence-corrected chi connectivity index (χ0v) is 16.1. The van der Waals surface area contributed by atoms with Crippen molar-refractivity contribution in [3.8, 4) is 0 Å². The van der Waals surface area contributed by atoms with E-state index >= 15 is 0 Å². The molecule has 1 aromatic carbocycles. The monoisotopic (exact) mass is 367 g/mol. The third-order valence-electron chi connectivity index (χ3n) is 4.59. The molecule has 1 heterocycles. The summed E-state index contributed by atoms with van der Waals surface area (Å²) >= 11 is 0. The summed E-state index contributed by atoms with van der Waals surface area (Å²) in [7, 11) is -3.50.